The van der Waals surface area contributed by atoms with E-state index in [1.165, 1.54) is 16.0 Å². The largest absolute Gasteiger partial charge is 0.355 e. The van der Waals surface area contributed by atoms with E-state index in [1.807, 2.05) is 26.0 Å². The molecular weight excluding hydrogens is 400 g/mol. The summed E-state index contributed by atoms with van der Waals surface area (Å²) in [4.78, 5) is 37.4. The summed E-state index contributed by atoms with van der Waals surface area (Å²) in [7, 11) is 1.62. The smallest absolute Gasteiger partial charge is 0.277 e. The van der Waals surface area contributed by atoms with Crippen LogP contribution in [-0.2, 0) is 7.05 Å². The number of carbonyl (C=O) groups is 1. The number of amides is 1. The Hall–Kier alpha value is -3.07. The van der Waals surface area contributed by atoms with Crippen molar-refractivity contribution in [3.8, 4) is 10.6 Å². The molecule has 30 heavy (non-hydrogen) atoms. The summed E-state index contributed by atoms with van der Waals surface area (Å²) in [6.45, 7) is 7.37. The van der Waals surface area contributed by atoms with Crippen LogP contribution in [0.3, 0.4) is 0 Å². The highest BCUT2D eigenvalue weighted by atomic mass is 32.1. The molecule has 0 atom stereocenters. The van der Waals surface area contributed by atoms with Gasteiger partial charge in [0.25, 0.3) is 11.5 Å². The van der Waals surface area contributed by atoms with Gasteiger partial charge in [0.1, 0.15) is 9.88 Å². The standard InChI is InChI=1S/C21H24N6O2S/c1-12-13(2)25-26(4)21(29)16(12)20-23-14(3)17(30-20)19(28)24-15-8-7-9-22-18(15)27-10-5-6-11-27/h7-9H,5-6,10-11H2,1-4H3,(H,24,28). The third kappa shape index (κ3) is 3.60. The number of thiazole rings is 1. The Morgan fingerprint density at radius 1 is 1.17 bits per heavy atom. The zero-order valence-electron chi connectivity index (χ0n) is 17.5. The van der Waals surface area contributed by atoms with Crippen LogP contribution >= 0.6 is 11.3 Å². The number of rotatable bonds is 4. The van der Waals surface area contributed by atoms with Crippen LogP contribution in [0.25, 0.3) is 10.6 Å². The first-order chi connectivity index (χ1) is 14.4. The molecule has 0 bridgehead atoms. The van der Waals surface area contributed by atoms with E-state index >= 15 is 0 Å². The predicted octanol–water partition coefficient (Wildman–Crippen LogP) is 3.08. The molecule has 8 nitrogen and oxygen atoms in total. The van der Waals surface area contributed by atoms with E-state index in [4.69, 9.17) is 0 Å². The van der Waals surface area contributed by atoms with E-state index in [0.717, 1.165) is 43.0 Å². The van der Waals surface area contributed by atoms with Gasteiger partial charge in [0.05, 0.1) is 22.6 Å². The SMILES string of the molecule is Cc1nc(-c2c(C)c(C)nn(C)c2=O)sc1C(=O)Nc1cccnc1N1CCCC1. The fraction of sp³-hybridized carbons (Fsp3) is 0.381. The highest BCUT2D eigenvalue weighted by molar-refractivity contribution is 7.17. The molecule has 1 N–H and O–H groups in total. The molecule has 0 unspecified atom stereocenters. The number of aryl methyl sites for hydroxylation is 3. The van der Waals surface area contributed by atoms with Gasteiger partial charge in [0.15, 0.2) is 5.82 Å². The number of hydrogen-bond acceptors (Lipinski definition) is 7. The van der Waals surface area contributed by atoms with E-state index in [2.05, 4.69) is 25.3 Å². The summed E-state index contributed by atoms with van der Waals surface area (Å²) in [5, 5.41) is 7.74. The fourth-order valence-corrected chi connectivity index (χ4v) is 4.72. The zero-order chi connectivity index (χ0) is 21.4. The number of anilines is 2. The molecule has 0 aliphatic carbocycles. The maximum Gasteiger partial charge on any atom is 0.277 e. The maximum atomic E-state index is 13.1. The summed E-state index contributed by atoms with van der Waals surface area (Å²) in [5.74, 6) is 0.546. The van der Waals surface area contributed by atoms with Gasteiger partial charge < -0.3 is 10.2 Å². The highest BCUT2D eigenvalue weighted by Gasteiger charge is 2.23. The molecule has 1 saturated heterocycles. The second kappa shape index (κ2) is 7.98. The number of nitrogens with one attached hydrogen (secondary N) is 1. The van der Waals surface area contributed by atoms with Crippen LogP contribution < -0.4 is 15.8 Å². The van der Waals surface area contributed by atoms with Crippen molar-refractivity contribution in [2.45, 2.75) is 33.6 Å². The summed E-state index contributed by atoms with van der Waals surface area (Å²) in [6, 6.07) is 3.68. The number of hydrogen-bond donors (Lipinski definition) is 1. The molecule has 1 fully saturated rings. The van der Waals surface area contributed by atoms with Crippen LogP contribution in [0.5, 0.6) is 0 Å². The molecule has 4 rings (SSSR count). The van der Waals surface area contributed by atoms with Crippen molar-refractivity contribution in [1.82, 2.24) is 19.7 Å². The molecule has 0 aromatic carbocycles. The number of aromatic nitrogens is 4. The van der Waals surface area contributed by atoms with Gasteiger partial charge in [-0.2, -0.15) is 5.10 Å². The van der Waals surface area contributed by atoms with Gasteiger partial charge in [-0.1, -0.05) is 0 Å². The van der Waals surface area contributed by atoms with E-state index in [-0.39, 0.29) is 11.5 Å². The Bertz CT molecular complexity index is 1180. The minimum atomic E-state index is -0.245. The number of pyridine rings is 1. The quantitative estimate of drug-likeness (QED) is 0.692. The number of carbonyl (C=O) groups excluding carboxylic acids is 1. The first kappa shape index (κ1) is 20.2. The van der Waals surface area contributed by atoms with Crippen molar-refractivity contribution in [2.75, 3.05) is 23.3 Å². The van der Waals surface area contributed by atoms with Gasteiger partial charge >= 0.3 is 0 Å². The van der Waals surface area contributed by atoms with Crippen molar-refractivity contribution < 1.29 is 4.79 Å². The molecule has 0 saturated carbocycles. The molecule has 1 amide bonds. The monoisotopic (exact) mass is 424 g/mol. The normalized spacial score (nSPS) is 13.7. The average Bonchev–Trinajstić information content (AvgIpc) is 3.37. The van der Waals surface area contributed by atoms with E-state index in [1.54, 1.807) is 20.2 Å². The fourth-order valence-electron chi connectivity index (χ4n) is 3.67. The zero-order valence-corrected chi connectivity index (χ0v) is 18.3. The van der Waals surface area contributed by atoms with Crippen molar-refractivity contribution >= 4 is 28.7 Å². The van der Waals surface area contributed by atoms with Crippen LogP contribution in [0, 0.1) is 20.8 Å². The van der Waals surface area contributed by atoms with E-state index < -0.39 is 0 Å². The predicted molar refractivity (Wildman–Crippen MR) is 118 cm³/mol. The minimum absolute atomic E-state index is 0.220. The Balaban J connectivity index is 1.67. The van der Waals surface area contributed by atoms with Crippen LogP contribution in [0.15, 0.2) is 23.1 Å². The minimum Gasteiger partial charge on any atom is -0.355 e. The second-order valence-corrected chi connectivity index (χ2v) is 8.47. The molecule has 3 aromatic heterocycles. The molecular formula is C21H24N6O2S. The van der Waals surface area contributed by atoms with Gasteiger partial charge in [-0.25, -0.2) is 14.6 Å². The van der Waals surface area contributed by atoms with Gasteiger partial charge in [0, 0.05) is 26.3 Å². The Kier molecular flexibility index (Phi) is 5.38. The van der Waals surface area contributed by atoms with Crippen LogP contribution in [0.2, 0.25) is 0 Å². The van der Waals surface area contributed by atoms with Gasteiger partial charge in [-0.05, 0) is 51.3 Å². The lowest BCUT2D eigenvalue weighted by Crippen LogP contribution is -2.23. The first-order valence-corrected chi connectivity index (χ1v) is 10.7. The van der Waals surface area contributed by atoms with Crippen LogP contribution in [-0.4, -0.2) is 38.7 Å². The van der Waals surface area contributed by atoms with E-state index in [0.29, 0.717) is 26.8 Å². The molecule has 9 heteroatoms. The molecule has 1 aliphatic rings. The Morgan fingerprint density at radius 2 is 1.90 bits per heavy atom. The lowest BCUT2D eigenvalue weighted by Gasteiger charge is -2.19. The second-order valence-electron chi connectivity index (χ2n) is 7.47. The Labute approximate surface area is 178 Å². The summed E-state index contributed by atoms with van der Waals surface area (Å²) in [6.07, 6.45) is 3.99. The van der Waals surface area contributed by atoms with Gasteiger partial charge in [-0.3, -0.25) is 9.59 Å². The number of nitrogens with zero attached hydrogens (tertiary/aromatic N) is 5. The molecule has 4 heterocycles. The van der Waals surface area contributed by atoms with Crippen molar-refractivity contribution in [3.63, 3.8) is 0 Å². The van der Waals surface area contributed by atoms with Gasteiger partial charge in [0.2, 0.25) is 0 Å². The van der Waals surface area contributed by atoms with Crippen LogP contribution in [0.4, 0.5) is 11.5 Å². The first-order valence-electron chi connectivity index (χ1n) is 9.90. The molecule has 1 aliphatic heterocycles. The van der Waals surface area contributed by atoms with Crippen molar-refractivity contribution in [2.24, 2.45) is 7.05 Å². The summed E-state index contributed by atoms with van der Waals surface area (Å²) >= 11 is 1.23. The topological polar surface area (TPSA) is 93.0 Å². The molecule has 156 valence electrons. The molecule has 0 spiro atoms. The van der Waals surface area contributed by atoms with E-state index in [9.17, 15) is 9.59 Å². The third-order valence-corrected chi connectivity index (χ3v) is 6.56. The highest BCUT2D eigenvalue weighted by Crippen LogP contribution is 2.31. The molecule has 3 aromatic rings. The Morgan fingerprint density at radius 3 is 2.63 bits per heavy atom. The summed E-state index contributed by atoms with van der Waals surface area (Å²) < 4.78 is 1.31. The average molecular weight is 425 g/mol. The summed E-state index contributed by atoms with van der Waals surface area (Å²) in [5.41, 5.74) is 3.10. The van der Waals surface area contributed by atoms with Gasteiger partial charge in [-0.15, -0.1) is 11.3 Å². The third-order valence-electron chi connectivity index (χ3n) is 5.38. The molecule has 0 radical (unpaired) electrons. The van der Waals surface area contributed by atoms with Crippen molar-refractivity contribution in [1.29, 1.82) is 0 Å². The van der Waals surface area contributed by atoms with Crippen LogP contribution in [0.1, 0.15) is 39.5 Å². The maximum absolute atomic E-state index is 13.1. The lowest BCUT2D eigenvalue weighted by molar-refractivity contribution is 0.103. The lowest BCUT2D eigenvalue weighted by atomic mass is 10.1. The van der Waals surface area contributed by atoms with Crippen molar-refractivity contribution in [3.05, 3.63) is 50.5 Å².